The zero-order valence-corrected chi connectivity index (χ0v) is 22.7. The van der Waals surface area contributed by atoms with E-state index in [0.29, 0.717) is 0 Å². The van der Waals surface area contributed by atoms with E-state index in [-0.39, 0.29) is 17.5 Å². The molecular weight excluding hydrogens is 542 g/mol. The first-order valence-electron chi connectivity index (χ1n) is 12.9. The molecule has 14 nitrogen and oxygen atoms in total. The van der Waals surface area contributed by atoms with Crippen molar-refractivity contribution < 1.29 is 55.2 Å². The van der Waals surface area contributed by atoms with Gasteiger partial charge in [0.25, 0.3) is 5.91 Å². The van der Waals surface area contributed by atoms with Gasteiger partial charge in [-0.2, -0.15) is 0 Å². The fraction of sp³-hybridized carbons (Fsp3) is 0.519. The van der Waals surface area contributed by atoms with Gasteiger partial charge in [-0.25, -0.2) is 0 Å². The topological polar surface area (TPSA) is 240 Å². The molecule has 1 aromatic rings. The molecule has 5 unspecified atom stereocenters. The molecule has 0 bridgehead atoms. The maximum atomic E-state index is 14.0. The Bertz CT molecular complexity index is 1340. The molecular formula is C27H35N3O11. The van der Waals surface area contributed by atoms with Crippen LogP contribution in [0.3, 0.4) is 0 Å². The molecule has 10 N–H and O–H groups in total. The average molecular weight is 578 g/mol. The Morgan fingerprint density at radius 3 is 2.24 bits per heavy atom. The number of likely N-dealkylation sites (N-methyl/N-ethyl adjacent to an activating group) is 1. The number of carbonyl (C=O) groups is 3. The van der Waals surface area contributed by atoms with Gasteiger partial charge >= 0.3 is 0 Å². The van der Waals surface area contributed by atoms with E-state index in [0.717, 1.165) is 0 Å². The molecule has 41 heavy (non-hydrogen) atoms. The van der Waals surface area contributed by atoms with Gasteiger partial charge in [-0.1, -0.05) is 12.1 Å². The van der Waals surface area contributed by atoms with E-state index in [1.807, 2.05) is 0 Å². The predicted molar refractivity (Wildman–Crippen MR) is 141 cm³/mol. The minimum atomic E-state index is -2.87. The van der Waals surface area contributed by atoms with E-state index in [9.17, 15) is 55.2 Å². The molecule has 0 aromatic heterocycles. The van der Waals surface area contributed by atoms with Crippen molar-refractivity contribution in [3.63, 3.8) is 0 Å². The Morgan fingerprint density at radius 2 is 1.68 bits per heavy atom. The molecule has 1 aromatic carbocycles. The lowest BCUT2D eigenvalue weighted by Crippen LogP contribution is -2.67. The van der Waals surface area contributed by atoms with Crippen molar-refractivity contribution in [3.05, 3.63) is 46.2 Å². The Balaban J connectivity index is 1.83. The predicted octanol–water partition coefficient (Wildman–Crippen LogP) is -2.48. The van der Waals surface area contributed by atoms with E-state index in [4.69, 9.17) is 0 Å². The number of nitrogens with zero attached hydrogens (tertiary/aromatic N) is 1. The van der Waals surface area contributed by atoms with Crippen molar-refractivity contribution in [1.29, 1.82) is 0 Å². The van der Waals surface area contributed by atoms with Crippen LogP contribution in [-0.4, -0.2) is 121 Å². The number of phenols is 1. The number of hydrogen-bond donors (Lipinski definition) is 10. The number of hydrogen-bond acceptors (Lipinski definition) is 13. The summed E-state index contributed by atoms with van der Waals surface area (Å²) in [7, 11) is 2.94. The Morgan fingerprint density at radius 1 is 1.07 bits per heavy atom. The summed E-state index contributed by atoms with van der Waals surface area (Å²) in [4.78, 5) is 42.2. The molecule has 4 rings (SSSR count). The van der Waals surface area contributed by atoms with Gasteiger partial charge in [-0.15, -0.1) is 0 Å². The summed E-state index contributed by atoms with van der Waals surface area (Å²) in [5, 5.41) is 89.5. The fourth-order valence-corrected chi connectivity index (χ4v) is 6.20. The van der Waals surface area contributed by atoms with Gasteiger partial charge in [0, 0.05) is 17.4 Å². The summed E-state index contributed by atoms with van der Waals surface area (Å²) in [6, 6.07) is 2.83. The SMILES string of the molecule is CN(C)C1C(=O)C(C(=O)NCNC(CO)(CO)CO)=C(O)C2(O)C(=O)C3=C(O)c4c(O)cccc4C(C)(O)C3CC12. The summed E-state index contributed by atoms with van der Waals surface area (Å²) in [6.07, 6.45) is -0.273. The van der Waals surface area contributed by atoms with Gasteiger partial charge in [0.05, 0.1) is 49.2 Å². The lowest BCUT2D eigenvalue weighted by atomic mass is 9.54. The van der Waals surface area contributed by atoms with E-state index in [2.05, 4.69) is 10.6 Å². The van der Waals surface area contributed by atoms with E-state index in [1.54, 1.807) is 0 Å². The van der Waals surface area contributed by atoms with Crippen LogP contribution in [0.1, 0.15) is 24.5 Å². The van der Waals surface area contributed by atoms with Crippen LogP contribution in [-0.2, 0) is 20.0 Å². The van der Waals surface area contributed by atoms with Gasteiger partial charge in [-0.3, -0.25) is 24.6 Å². The summed E-state index contributed by atoms with van der Waals surface area (Å²) in [5.74, 6) is -8.26. The van der Waals surface area contributed by atoms with Gasteiger partial charge < -0.3 is 46.2 Å². The number of carbonyl (C=O) groups excluding carboxylic acids is 3. The molecule has 14 heteroatoms. The maximum absolute atomic E-state index is 14.0. The molecule has 0 aliphatic heterocycles. The van der Waals surface area contributed by atoms with Crippen molar-refractivity contribution in [1.82, 2.24) is 15.5 Å². The molecule has 1 saturated carbocycles. The molecule has 224 valence electrons. The zero-order valence-electron chi connectivity index (χ0n) is 22.7. The van der Waals surface area contributed by atoms with Crippen LogP contribution in [0.5, 0.6) is 5.75 Å². The number of aliphatic hydroxyl groups is 7. The summed E-state index contributed by atoms with van der Waals surface area (Å²) in [5.41, 5.74) is -7.77. The highest BCUT2D eigenvalue weighted by molar-refractivity contribution is 6.25. The van der Waals surface area contributed by atoms with Gasteiger partial charge in [0.15, 0.2) is 11.4 Å². The van der Waals surface area contributed by atoms with Crippen molar-refractivity contribution >= 4 is 23.2 Å². The number of benzene rings is 1. The van der Waals surface area contributed by atoms with Crippen LogP contribution in [0.15, 0.2) is 35.1 Å². The number of Topliss-reactive ketones (excluding diaryl/α,β-unsaturated/α-hetero) is 2. The van der Waals surface area contributed by atoms with Crippen molar-refractivity contribution in [2.45, 2.75) is 36.1 Å². The summed E-state index contributed by atoms with van der Waals surface area (Å²) < 4.78 is 0. The highest BCUT2D eigenvalue weighted by Crippen LogP contribution is 2.57. The van der Waals surface area contributed by atoms with Crippen molar-refractivity contribution in [3.8, 4) is 5.75 Å². The minimum Gasteiger partial charge on any atom is -0.508 e. The molecule has 5 atom stereocenters. The number of fused-ring (bicyclic) bond motifs is 3. The monoisotopic (exact) mass is 577 g/mol. The second-order valence-corrected chi connectivity index (χ2v) is 11.2. The van der Waals surface area contributed by atoms with E-state index >= 15 is 0 Å². The average Bonchev–Trinajstić information content (AvgIpc) is 2.92. The Hall–Kier alpha value is -3.37. The largest absolute Gasteiger partial charge is 0.508 e. The van der Waals surface area contributed by atoms with Crippen LogP contribution in [0, 0.1) is 11.8 Å². The fourth-order valence-electron chi connectivity index (χ4n) is 6.20. The third kappa shape index (κ3) is 4.34. The molecule has 0 radical (unpaired) electrons. The number of nitrogens with one attached hydrogen (secondary N) is 2. The third-order valence-corrected chi connectivity index (χ3v) is 8.62. The standard InChI is InChI=1S/C27H35N3O11/c1-25(40)12-5-4-6-15(34)16(12)20(35)17-13(25)7-14-19(30(2)3)21(36)18(23(38)27(14,41)22(17)37)24(39)28-11-29-26(8-31,9-32)10-33/h4-6,13-14,19,29,31-35,38,40-41H,7-11H2,1-3H3,(H,28,39). The lowest BCUT2D eigenvalue weighted by molar-refractivity contribution is -0.159. The number of amides is 1. The number of aromatic hydroxyl groups is 1. The molecule has 0 spiro atoms. The highest BCUT2D eigenvalue weighted by atomic mass is 16.4. The van der Waals surface area contributed by atoms with Crippen LogP contribution in [0.25, 0.3) is 5.76 Å². The van der Waals surface area contributed by atoms with Crippen LogP contribution >= 0.6 is 0 Å². The van der Waals surface area contributed by atoms with Gasteiger partial charge in [-0.05, 0) is 39.1 Å². The Labute approximate surface area is 234 Å². The van der Waals surface area contributed by atoms with Crippen LogP contribution in [0.2, 0.25) is 0 Å². The van der Waals surface area contributed by atoms with Gasteiger partial charge in [0.1, 0.15) is 22.8 Å². The number of ketones is 2. The molecule has 3 aliphatic rings. The van der Waals surface area contributed by atoms with Gasteiger partial charge in [0.2, 0.25) is 5.78 Å². The molecule has 0 saturated heterocycles. The van der Waals surface area contributed by atoms with E-state index < -0.39 is 107 Å². The van der Waals surface area contributed by atoms with Crippen molar-refractivity contribution in [2.24, 2.45) is 11.8 Å². The first-order chi connectivity index (χ1) is 19.1. The summed E-state index contributed by atoms with van der Waals surface area (Å²) in [6.45, 7) is -1.24. The normalized spacial score (nSPS) is 29.8. The smallest absolute Gasteiger partial charge is 0.259 e. The number of phenolic OH excluding ortho intramolecular Hbond substituents is 1. The second-order valence-electron chi connectivity index (χ2n) is 11.2. The first kappa shape index (κ1) is 30.6. The number of rotatable bonds is 8. The highest BCUT2D eigenvalue weighted by Gasteiger charge is 2.66. The third-order valence-electron chi connectivity index (χ3n) is 8.62. The minimum absolute atomic E-state index is 0.127. The van der Waals surface area contributed by atoms with Crippen molar-refractivity contribution in [2.75, 3.05) is 40.6 Å². The van der Waals surface area contributed by atoms with Crippen LogP contribution in [0.4, 0.5) is 0 Å². The molecule has 1 fully saturated rings. The number of aliphatic hydroxyl groups excluding tert-OH is 5. The molecule has 1 amide bonds. The second kappa shape index (κ2) is 10.5. The Kier molecular flexibility index (Phi) is 7.81. The first-order valence-corrected chi connectivity index (χ1v) is 12.9. The zero-order chi connectivity index (χ0) is 30.7. The molecule has 0 heterocycles. The molecule has 3 aliphatic carbocycles. The summed E-state index contributed by atoms with van der Waals surface area (Å²) >= 11 is 0. The lowest BCUT2D eigenvalue weighted by Gasteiger charge is -2.53. The van der Waals surface area contributed by atoms with Crippen LogP contribution < -0.4 is 10.6 Å². The maximum Gasteiger partial charge on any atom is 0.259 e. The quantitative estimate of drug-likeness (QED) is 0.114. The van der Waals surface area contributed by atoms with E-state index in [1.165, 1.54) is 44.1 Å².